The molecule has 2 aromatic heterocycles. The van der Waals surface area contributed by atoms with Gasteiger partial charge in [-0.25, -0.2) is 9.97 Å². The van der Waals surface area contributed by atoms with Gasteiger partial charge < -0.3 is 29.7 Å². The number of carbonyl (C=O) groups excluding carboxylic acids is 1. The number of nitrogens with zero attached hydrogens (tertiary/aromatic N) is 7. The number of hydrogen-bond donors (Lipinski definition) is 1. The maximum absolute atomic E-state index is 12.1. The summed E-state index contributed by atoms with van der Waals surface area (Å²) < 4.78 is 11.4. The van der Waals surface area contributed by atoms with Gasteiger partial charge >= 0.3 is 6.01 Å². The zero-order valence-electron chi connectivity index (χ0n) is 22.3. The lowest BCUT2D eigenvalue weighted by atomic mass is 9.84. The van der Waals surface area contributed by atoms with E-state index in [1.165, 1.54) is 0 Å². The van der Waals surface area contributed by atoms with Crippen LogP contribution in [0.1, 0.15) is 64.6 Å². The summed E-state index contributed by atoms with van der Waals surface area (Å²) in [7, 11) is 0. The van der Waals surface area contributed by atoms with E-state index in [1.54, 1.807) is 12.4 Å². The average Bonchev–Trinajstić information content (AvgIpc) is 3.64. The summed E-state index contributed by atoms with van der Waals surface area (Å²) in [4.78, 5) is 31.9. The van der Waals surface area contributed by atoms with Gasteiger partial charge in [0, 0.05) is 51.1 Å². The highest BCUT2D eigenvalue weighted by Crippen LogP contribution is 2.30. The topological polar surface area (TPSA) is 127 Å². The monoisotopic (exact) mass is 512 g/mol. The molecular weight excluding hydrogens is 472 g/mol. The molecule has 3 aliphatic rings. The molecule has 3 aliphatic heterocycles. The van der Waals surface area contributed by atoms with Crippen molar-refractivity contribution in [2.75, 3.05) is 49.1 Å². The van der Waals surface area contributed by atoms with Crippen molar-refractivity contribution >= 4 is 17.9 Å². The fourth-order valence-corrected chi connectivity index (χ4v) is 5.72. The minimum absolute atomic E-state index is 0.0346. The Morgan fingerprint density at radius 3 is 2.51 bits per heavy atom. The van der Waals surface area contributed by atoms with Gasteiger partial charge in [0.2, 0.25) is 11.9 Å². The molecule has 2 N–H and O–H groups in total. The van der Waals surface area contributed by atoms with Gasteiger partial charge in [-0.2, -0.15) is 4.98 Å². The van der Waals surface area contributed by atoms with E-state index in [9.17, 15) is 4.79 Å². The van der Waals surface area contributed by atoms with E-state index >= 15 is 0 Å². The SMILES string of the molecule is CC(C)c1noc(N2CCC(C(C)CCOc3cnc(N4C[C@H](N)[C@@H](N5CCCC5=O)C4)nc3)CC2)n1. The Labute approximate surface area is 218 Å². The molecule has 0 bridgehead atoms. The van der Waals surface area contributed by atoms with Gasteiger partial charge in [-0.3, -0.25) is 4.79 Å². The number of likely N-dealkylation sites (tertiary alicyclic amines) is 1. The fourth-order valence-electron chi connectivity index (χ4n) is 5.72. The zero-order chi connectivity index (χ0) is 25.9. The van der Waals surface area contributed by atoms with E-state index in [4.69, 9.17) is 15.0 Å². The molecule has 3 saturated heterocycles. The highest BCUT2D eigenvalue weighted by Gasteiger charge is 2.39. The Hall–Kier alpha value is -2.95. The molecule has 0 aromatic carbocycles. The normalized spacial score (nSPS) is 23.9. The van der Waals surface area contributed by atoms with Crippen molar-refractivity contribution in [3.05, 3.63) is 18.2 Å². The number of ether oxygens (including phenoxy) is 1. The van der Waals surface area contributed by atoms with E-state index in [1.807, 2.05) is 4.90 Å². The Balaban J connectivity index is 1.04. The second kappa shape index (κ2) is 11.2. The molecule has 1 unspecified atom stereocenters. The van der Waals surface area contributed by atoms with E-state index in [0.29, 0.717) is 55.7 Å². The summed E-state index contributed by atoms with van der Waals surface area (Å²) in [5.41, 5.74) is 6.35. The van der Waals surface area contributed by atoms with Gasteiger partial charge in [-0.1, -0.05) is 25.9 Å². The minimum Gasteiger partial charge on any atom is -0.490 e. The molecule has 0 radical (unpaired) electrons. The Bertz CT molecular complexity index is 1040. The molecule has 5 heterocycles. The summed E-state index contributed by atoms with van der Waals surface area (Å²) in [5.74, 6) is 3.78. The summed E-state index contributed by atoms with van der Waals surface area (Å²) >= 11 is 0. The van der Waals surface area contributed by atoms with Crippen molar-refractivity contribution in [1.29, 1.82) is 0 Å². The van der Waals surface area contributed by atoms with Crippen molar-refractivity contribution in [2.24, 2.45) is 17.6 Å². The predicted molar refractivity (Wildman–Crippen MR) is 140 cm³/mol. The van der Waals surface area contributed by atoms with Gasteiger partial charge in [0.05, 0.1) is 25.0 Å². The number of anilines is 2. The van der Waals surface area contributed by atoms with Gasteiger partial charge in [0.1, 0.15) is 0 Å². The molecule has 202 valence electrons. The third kappa shape index (κ3) is 5.81. The van der Waals surface area contributed by atoms with Crippen LogP contribution in [-0.2, 0) is 4.79 Å². The van der Waals surface area contributed by atoms with E-state index < -0.39 is 0 Å². The third-order valence-corrected chi connectivity index (χ3v) is 8.14. The molecule has 37 heavy (non-hydrogen) atoms. The van der Waals surface area contributed by atoms with Crippen LogP contribution in [0.4, 0.5) is 12.0 Å². The first-order chi connectivity index (χ1) is 17.9. The Kier molecular flexibility index (Phi) is 7.78. The van der Waals surface area contributed by atoms with E-state index in [0.717, 1.165) is 51.1 Å². The molecule has 2 aromatic rings. The van der Waals surface area contributed by atoms with Crippen LogP contribution >= 0.6 is 0 Å². The minimum atomic E-state index is -0.0838. The van der Waals surface area contributed by atoms with Crippen LogP contribution < -0.4 is 20.3 Å². The molecule has 0 aliphatic carbocycles. The number of amides is 1. The molecular formula is C26H40N8O3. The lowest BCUT2D eigenvalue weighted by Gasteiger charge is -2.33. The summed E-state index contributed by atoms with van der Waals surface area (Å²) in [6, 6.07) is 0.601. The number of carbonyl (C=O) groups is 1. The number of hydrogen-bond acceptors (Lipinski definition) is 10. The summed E-state index contributed by atoms with van der Waals surface area (Å²) in [6.07, 6.45) is 8.23. The predicted octanol–water partition coefficient (Wildman–Crippen LogP) is 2.44. The fraction of sp³-hybridized carbons (Fsp3) is 0.731. The lowest BCUT2D eigenvalue weighted by Crippen LogP contribution is -2.47. The first-order valence-electron chi connectivity index (χ1n) is 13.7. The molecule has 3 atom stereocenters. The first-order valence-corrected chi connectivity index (χ1v) is 13.7. The smallest absolute Gasteiger partial charge is 0.324 e. The maximum atomic E-state index is 12.1. The molecule has 0 spiro atoms. The third-order valence-electron chi connectivity index (χ3n) is 8.14. The molecule has 3 fully saturated rings. The van der Waals surface area contributed by atoms with Crippen molar-refractivity contribution < 1.29 is 14.1 Å². The standard InChI is InChI=1S/C26H40N8O3/c1-17(2)24-30-26(37-31-24)32-10-6-19(7-11-32)18(3)8-12-36-20-13-28-25(29-14-20)33-15-21(27)22(16-33)34-9-4-5-23(34)35/h13-14,17-19,21-22H,4-12,15-16,27H2,1-3H3/t18?,21-,22-/m0/s1. The van der Waals surface area contributed by atoms with E-state index in [2.05, 4.69) is 50.7 Å². The lowest BCUT2D eigenvalue weighted by molar-refractivity contribution is -0.129. The van der Waals surface area contributed by atoms with Crippen LogP contribution in [0.5, 0.6) is 5.75 Å². The molecule has 0 saturated carbocycles. The molecule has 1 amide bonds. The highest BCUT2D eigenvalue weighted by molar-refractivity contribution is 5.78. The molecule has 11 heteroatoms. The van der Waals surface area contributed by atoms with Crippen LogP contribution in [0.25, 0.3) is 0 Å². The number of aromatic nitrogens is 4. The first kappa shape index (κ1) is 25.7. The van der Waals surface area contributed by atoms with Crippen molar-refractivity contribution in [3.63, 3.8) is 0 Å². The second-order valence-electron chi connectivity index (χ2n) is 11.1. The second-order valence-corrected chi connectivity index (χ2v) is 11.1. The Morgan fingerprint density at radius 1 is 1.11 bits per heavy atom. The van der Waals surface area contributed by atoms with Crippen molar-refractivity contribution in [2.45, 2.75) is 70.9 Å². The van der Waals surface area contributed by atoms with Crippen molar-refractivity contribution in [3.8, 4) is 5.75 Å². The number of nitrogens with two attached hydrogens (primary N) is 1. The van der Waals surface area contributed by atoms with Crippen LogP contribution in [-0.4, -0.2) is 82.3 Å². The van der Waals surface area contributed by atoms with Crippen LogP contribution in [0.2, 0.25) is 0 Å². The van der Waals surface area contributed by atoms with Gasteiger partial charge in [-0.15, -0.1) is 0 Å². The molecule has 5 rings (SSSR count). The van der Waals surface area contributed by atoms with Crippen molar-refractivity contribution in [1.82, 2.24) is 25.0 Å². The van der Waals surface area contributed by atoms with Crippen LogP contribution in [0.3, 0.4) is 0 Å². The highest BCUT2D eigenvalue weighted by atomic mass is 16.5. The van der Waals surface area contributed by atoms with Crippen LogP contribution in [0, 0.1) is 11.8 Å². The number of rotatable bonds is 9. The van der Waals surface area contributed by atoms with Gasteiger partial charge in [0.15, 0.2) is 11.6 Å². The summed E-state index contributed by atoms with van der Waals surface area (Å²) in [5, 5.41) is 4.09. The average molecular weight is 513 g/mol. The largest absolute Gasteiger partial charge is 0.490 e. The van der Waals surface area contributed by atoms with Gasteiger partial charge in [-0.05, 0) is 37.5 Å². The van der Waals surface area contributed by atoms with Crippen LogP contribution in [0.15, 0.2) is 16.9 Å². The number of piperidine rings is 1. The van der Waals surface area contributed by atoms with Gasteiger partial charge in [0.25, 0.3) is 0 Å². The quantitative estimate of drug-likeness (QED) is 0.535. The maximum Gasteiger partial charge on any atom is 0.324 e. The molecule has 11 nitrogen and oxygen atoms in total. The zero-order valence-corrected chi connectivity index (χ0v) is 22.3. The van der Waals surface area contributed by atoms with E-state index in [-0.39, 0.29) is 23.9 Å². The Morgan fingerprint density at radius 2 is 1.86 bits per heavy atom. The summed E-state index contributed by atoms with van der Waals surface area (Å²) in [6.45, 7) is 11.1.